The number of alkyl halides is 2. The molecule has 0 saturated carbocycles. The van der Waals surface area contributed by atoms with Crippen LogP contribution in [0.3, 0.4) is 0 Å². The fraction of sp³-hybridized carbons (Fsp3) is 0.182. The molecule has 0 radical (unpaired) electrons. The number of hydrogen-bond donors (Lipinski definition) is 0. The highest BCUT2D eigenvalue weighted by molar-refractivity contribution is 5.85. The molecule has 3 aromatic carbocycles. The Morgan fingerprint density at radius 1 is 0.929 bits per heavy atom. The molecule has 0 amide bonds. The van der Waals surface area contributed by atoms with E-state index in [0.29, 0.717) is 28.9 Å². The van der Waals surface area contributed by atoms with Gasteiger partial charge in [0.1, 0.15) is 18.1 Å². The first-order valence-corrected chi connectivity index (χ1v) is 8.61. The van der Waals surface area contributed by atoms with E-state index < -0.39 is 23.2 Å². The van der Waals surface area contributed by atoms with E-state index in [1.54, 1.807) is 18.2 Å². The summed E-state index contributed by atoms with van der Waals surface area (Å²) in [4.78, 5) is 0. The van der Waals surface area contributed by atoms with Crippen molar-refractivity contribution < 1.29 is 27.4 Å². The molecule has 0 fully saturated rings. The topological polar surface area (TPSA) is 27.7 Å². The third-order valence-corrected chi connectivity index (χ3v) is 4.11. The van der Waals surface area contributed by atoms with Gasteiger partial charge >= 0.3 is 6.11 Å². The van der Waals surface area contributed by atoms with Gasteiger partial charge < -0.3 is 14.2 Å². The molecule has 0 atom stereocenters. The summed E-state index contributed by atoms with van der Waals surface area (Å²) in [6.45, 7) is 2.27. The molecule has 0 bridgehead atoms. The maximum absolute atomic E-state index is 14.4. The van der Waals surface area contributed by atoms with Gasteiger partial charge in [0.2, 0.25) is 0 Å². The standard InChI is InChI=1S/C22H19F3O3/c1-3-4-11-27-19-8-5-15-14-21(20(23)13-16(15)12-19)28-22(24,25)17-6-9-18(26-2)10-7-17/h3-10,12-14H,11H2,1-2H3/b4-3+. The van der Waals surface area contributed by atoms with Crippen molar-refractivity contribution in [2.24, 2.45) is 0 Å². The van der Waals surface area contributed by atoms with Crippen LogP contribution in [-0.2, 0) is 6.11 Å². The predicted octanol–water partition coefficient (Wildman–Crippen LogP) is 6.07. The Hall–Kier alpha value is -3.15. The molecule has 0 unspecified atom stereocenters. The highest BCUT2D eigenvalue weighted by atomic mass is 19.3. The quantitative estimate of drug-likeness (QED) is 0.460. The van der Waals surface area contributed by atoms with Crippen LogP contribution >= 0.6 is 0 Å². The van der Waals surface area contributed by atoms with Gasteiger partial charge in [-0.2, -0.15) is 8.78 Å². The monoisotopic (exact) mass is 388 g/mol. The van der Waals surface area contributed by atoms with Gasteiger partial charge in [-0.1, -0.05) is 18.2 Å². The molecule has 0 aliphatic rings. The number of rotatable bonds is 7. The van der Waals surface area contributed by atoms with E-state index in [1.165, 1.54) is 37.4 Å². The lowest BCUT2D eigenvalue weighted by Crippen LogP contribution is -2.22. The first-order valence-electron chi connectivity index (χ1n) is 8.61. The highest BCUT2D eigenvalue weighted by Gasteiger charge is 2.35. The minimum Gasteiger partial charge on any atom is -0.497 e. The molecule has 0 heterocycles. The molecule has 0 saturated heterocycles. The second-order valence-corrected chi connectivity index (χ2v) is 6.02. The van der Waals surface area contributed by atoms with E-state index in [1.807, 2.05) is 19.1 Å². The molecule has 0 aliphatic carbocycles. The second-order valence-electron chi connectivity index (χ2n) is 6.02. The average Bonchev–Trinajstić information content (AvgIpc) is 2.69. The van der Waals surface area contributed by atoms with E-state index in [4.69, 9.17) is 14.2 Å². The number of hydrogen-bond acceptors (Lipinski definition) is 3. The van der Waals surface area contributed by atoms with Crippen LogP contribution in [0.1, 0.15) is 12.5 Å². The molecule has 146 valence electrons. The Labute approximate surface area is 161 Å². The fourth-order valence-corrected chi connectivity index (χ4v) is 2.62. The van der Waals surface area contributed by atoms with Crippen LogP contribution in [0.5, 0.6) is 17.2 Å². The van der Waals surface area contributed by atoms with Gasteiger partial charge in [0, 0.05) is 0 Å². The van der Waals surface area contributed by atoms with Crippen LogP contribution in [0.2, 0.25) is 0 Å². The fourth-order valence-electron chi connectivity index (χ4n) is 2.62. The first-order chi connectivity index (χ1) is 13.4. The lowest BCUT2D eigenvalue weighted by molar-refractivity contribution is -0.186. The largest absolute Gasteiger partial charge is 0.497 e. The average molecular weight is 388 g/mol. The zero-order valence-corrected chi connectivity index (χ0v) is 15.4. The number of methoxy groups -OCH3 is 1. The number of allylic oxidation sites excluding steroid dienone is 1. The maximum Gasteiger partial charge on any atom is 0.426 e. The van der Waals surface area contributed by atoms with Gasteiger partial charge in [-0.3, -0.25) is 0 Å². The van der Waals surface area contributed by atoms with Crippen LogP contribution < -0.4 is 14.2 Å². The van der Waals surface area contributed by atoms with E-state index >= 15 is 0 Å². The first kappa shape index (κ1) is 19.6. The Morgan fingerprint density at radius 3 is 2.32 bits per heavy atom. The van der Waals surface area contributed by atoms with Crippen LogP contribution in [0.25, 0.3) is 10.8 Å². The summed E-state index contributed by atoms with van der Waals surface area (Å²) in [6.07, 6.45) is -0.00732. The van der Waals surface area contributed by atoms with Crippen molar-refractivity contribution >= 4 is 10.8 Å². The number of benzene rings is 3. The molecule has 28 heavy (non-hydrogen) atoms. The maximum atomic E-state index is 14.4. The van der Waals surface area contributed by atoms with E-state index in [9.17, 15) is 13.2 Å². The minimum absolute atomic E-state index is 0.389. The van der Waals surface area contributed by atoms with Crippen LogP contribution in [0.4, 0.5) is 13.2 Å². The predicted molar refractivity (Wildman–Crippen MR) is 102 cm³/mol. The van der Waals surface area contributed by atoms with Crippen molar-refractivity contribution in [1.29, 1.82) is 0 Å². The third kappa shape index (κ3) is 4.39. The number of ether oxygens (including phenoxy) is 3. The lowest BCUT2D eigenvalue weighted by atomic mass is 10.1. The normalized spacial score (nSPS) is 11.8. The van der Waals surface area contributed by atoms with Gasteiger partial charge in [-0.25, -0.2) is 4.39 Å². The number of halogens is 3. The molecular weight excluding hydrogens is 369 g/mol. The van der Waals surface area contributed by atoms with Crippen molar-refractivity contribution in [1.82, 2.24) is 0 Å². The molecule has 3 rings (SSSR count). The Kier molecular flexibility index (Phi) is 5.78. The van der Waals surface area contributed by atoms with Crippen molar-refractivity contribution in [2.45, 2.75) is 13.0 Å². The SMILES string of the molecule is C/C=C/COc1ccc2cc(OC(F)(F)c3ccc(OC)cc3)c(F)cc2c1. The van der Waals surface area contributed by atoms with E-state index in [2.05, 4.69) is 0 Å². The van der Waals surface area contributed by atoms with Crippen molar-refractivity contribution in [3.63, 3.8) is 0 Å². The molecular formula is C22H19F3O3. The highest BCUT2D eigenvalue weighted by Crippen LogP contribution is 2.36. The summed E-state index contributed by atoms with van der Waals surface area (Å²) in [5.74, 6) is -0.423. The van der Waals surface area contributed by atoms with Crippen LogP contribution in [-0.4, -0.2) is 13.7 Å². The molecule has 0 aliphatic heterocycles. The Morgan fingerprint density at radius 2 is 1.64 bits per heavy atom. The molecule has 0 aromatic heterocycles. The van der Waals surface area contributed by atoms with Gasteiger partial charge in [0.05, 0.1) is 12.7 Å². The van der Waals surface area contributed by atoms with Crippen LogP contribution in [0, 0.1) is 5.82 Å². The zero-order valence-electron chi connectivity index (χ0n) is 15.4. The summed E-state index contributed by atoms with van der Waals surface area (Å²) in [5.41, 5.74) is -0.402. The van der Waals surface area contributed by atoms with Crippen molar-refractivity contribution in [3.8, 4) is 17.2 Å². The van der Waals surface area contributed by atoms with Crippen molar-refractivity contribution in [2.75, 3.05) is 13.7 Å². The van der Waals surface area contributed by atoms with E-state index in [0.717, 1.165) is 6.07 Å². The molecule has 0 spiro atoms. The van der Waals surface area contributed by atoms with Gasteiger partial charge in [0.15, 0.2) is 11.6 Å². The summed E-state index contributed by atoms with van der Waals surface area (Å²) in [7, 11) is 1.44. The lowest BCUT2D eigenvalue weighted by Gasteiger charge is -2.19. The number of fused-ring (bicyclic) bond motifs is 1. The molecule has 3 nitrogen and oxygen atoms in total. The van der Waals surface area contributed by atoms with Gasteiger partial charge in [-0.05, 0) is 66.2 Å². The summed E-state index contributed by atoms with van der Waals surface area (Å²) >= 11 is 0. The Balaban J connectivity index is 1.85. The van der Waals surface area contributed by atoms with E-state index in [-0.39, 0.29) is 0 Å². The van der Waals surface area contributed by atoms with Gasteiger partial charge in [0.25, 0.3) is 0 Å². The third-order valence-electron chi connectivity index (χ3n) is 4.11. The molecule has 6 heteroatoms. The zero-order chi connectivity index (χ0) is 20.1. The molecule has 3 aromatic rings. The minimum atomic E-state index is -3.70. The molecule has 0 N–H and O–H groups in total. The summed E-state index contributed by atoms with van der Waals surface area (Å²) in [6, 6.07) is 12.5. The van der Waals surface area contributed by atoms with Crippen LogP contribution in [0.15, 0.2) is 66.7 Å². The second kappa shape index (κ2) is 8.25. The van der Waals surface area contributed by atoms with Crippen molar-refractivity contribution in [3.05, 3.63) is 78.1 Å². The summed E-state index contributed by atoms with van der Waals surface area (Å²) in [5, 5.41) is 1.08. The smallest absolute Gasteiger partial charge is 0.426 e. The Bertz CT molecular complexity index is 982. The van der Waals surface area contributed by atoms with Gasteiger partial charge in [-0.15, -0.1) is 0 Å². The summed E-state index contributed by atoms with van der Waals surface area (Å²) < 4.78 is 58.4.